The first-order valence-electron chi connectivity index (χ1n) is 13.8. The van der Waals surface area contributed by atoms with Gasteiger partial charge in [0.05, 0.1) is 5.60 Å². The summed E-state index contributed by atoms with van der Waals surface area (Å²) in [6, 6.07) is 9.33. The molecule has 0 aliphatic heterocycles. The number of ether oxygens (including phenoxy) is 1. The van der Waals surface area contributed by atoms with Crippen molar-refractivity contribution in [3.05, 3.63) is 52.6 Å². The summed E-state index contributed by atoms with van der Waals surface area (Å²) in [5.41, 5.74) is 7.70. The lowest BCUT2D eigenvalue weighted by atomic mass is 9.51. The molecule has 0 amide bonds. The van der Waals surface area contributed by atoms with Crippen molar-refractivity contribution in [2.24, 2.45) is 23.2 Å². The Hall–Kier alpha value is -1.87. The minimum atomic E-state index is 0.115. The van der Waals surface area contributed by atoms with Gasteiger partial charge >= 0.3 is 0 Å². The Balaban J connectivity index is 1.44. The second-order valence-corrected chi connectivity index (χ2v) is 12.2. The van der Waals surface area contributed by atoms with Crippen LogP contribution in [0.2, 0.25) is 0 Å². The first-order chi connectivity index (χ1) is 16.4. The summed E-state index contributed by atoms with van der Waals surface area (Å²) in [4.78, 5) is 14.4. The van der Waals surface area contributed by atoms with E-state index in [1.54, 1.807) is 11.1 Å². The predicted molar refractivity (Wildman–Crippen MR) is 138 cm³/mol. The minimum absolute atomic E-state index is 0.115. The largest absolute Gasteiger partial charge is 0.378 e. The third-order valence-corrected chi connectivity index (χ3v) is 10.3. The number of nitrogens with zero attached hydrogens (tertiary/aromatic N) is 1. The van der Waals surface area contributed by atoms with Gasteiger partial charge in [0.1, 0.15) is 0 Å². The summed E-state index contributed by atoms with van der Waals surface area (Å²) < 4.78 is 6.83. The van der Waals surface area contributed by atoms with Crippen LogP contribution in [0.3, 0.4) is 0 Å². The number of hydrogen-bond acceptors (Lipinski definition) is 3. The smallest absolute Gasteiger partial charge is 0.156 e. The topological polar surface area (TPSA) is 29.5 Å². The molecule has 3 saturated carbocycles. The maximum Gasteiger partial charge on any atom is 0.156 e. The van der Waals surface area contributed by atoms with Crippen LogP contribution < -0.4 is 4.90 Å². The molecule has 0 saturated heterocycles. The molecule has 0 aromatic heterocycles. The van der Waals surface area contributed by atoms with Crippen molar-refractivity contribution < 1.29 is 9.53 Å². The van der Waals surface area contributed by atoms with Gasteiger partial charge in [0.2, 0.25) is 0 Å². The molecule has 6 rings (SSSR count). The monoisotopic (exact) mass is 459 g/mol. The predicted octanol–water partition coefficient (Wildman–Crippen LogP) is 6.84. The van der Waals surface area contributed by atoms with Crippen molar-refractivity contribution in [1.82, 2.24) is 0 Å². The van der Waals surface area contributed by atoms with Crippen LogP contribution in [0.25, 0.3) is 0 Å². The average Bonchev–Trinajstić information content (AvgIpc) is 3.48. The number of carbonyl (C=O) groups excluding carboxylic acids is 1. The molecule has 6 atom stereocenters. The summed E-state index contributed by atoms with van der Waals surface area (Å²) in [7, 11) is 4.23. The third kappa shape index (κ3) is 3.22. The molecule has 3 heteroatoms. The van der Waals surface area contributed by atoms with Gasteiger partial charge in [-0.05, 0) is 97.6 Å². The first-order valence-corrected chi connectivity index (χ1v) is 13.8. The van der Waals surface area contributed by atoms with Gasteiger partial charge in [-0.25, -0.2) is 0 Å². The molecule has 1 aromatic carbocycles. The molecule has 182 valence electrons. The summed E-state index contributed by atoms with van der Waals surface area (Å²) in [5.74, 6) is 2.91. The van der Waals surface area contributed by atoms with Crippen molar-refractivity contribution in [2.75, 3.05) is 25.6 Å². The number of ketones is 1. The number of benzene rings is 1. The van der Waals surface area contributed by atoms with Crippen LogP contribution in [0, 0.1) is 23.2 Å². The van der Waals surface area contributed by atoms with Gasteiger partial charge in [0, 0.05) is 44.1 Å². The van der Waals surface area contributed by atoms with E-state index in [4.69, 9.17) is 4.74 Å². The highest BCUT2D eigenvalue weighted by Crippen LogP contribution is 2.77. The number of rotatable bonds is 6. The van der Waals surface area contributed by atoms with Crippen LogP contribution in [0.5, 0.6) is 0 Å². The summed E-state index contributed by atoms with van der Waals surface area (Å²) in [6.45, 7) is 5.78. The number of hydrogen-bond donors (Lipinski definition) is 0. The Kier molecular flexibility index (Phi) is 5.37. The molecule has 3 fully saturated rings. The van der Waals surface area contributed by atoms with Gasteiger partial charge in [-0.2, -0.15) is 0 Å². The Morgan fingerprint density at radius 2 is 1.88 bits per heavy atom. The lowest BCUT2D eigenvalue weighted by Crippen LogP contribution is -2.49. The molecule has 0 N–H and O–H groups in total. The zero-order chi connectivity index (χ0) is 23.7. The fourth-order valence-electron chi connectivity index (χ4n) is 8.56. The molecular weight excluding hydrogens is 418 g/mol. The standard InChI is InChI=1S/C31H41NO2/c1-5-6-15-34-31-18-22(31)17-28-26-13-9-21-16-24(33)12-14-25(21)29(26)27(19-30(28,31)2)20-7-10-23(11-8-20)32(3)4/h7-8,10-11,16,22,26-28H,5-6,9,12-15,17-19H2,1-4H3/t22-,26-,27+,28-,30-,31?/m0/s1. The lowest BCUT2D eigenvalue weighted by molar-refractivity contribution is -0.114. The van der Waals surface area contributed by atoms with Crippen LogP contribution in [-0.2, 0) is 9.53 Å². The van der Waals surface area contributed by atoms with E-state index in [1.807, 2.05) is 6.08 Å². The van der Waals surface area contributed by atoms with Gasteiger partial charge in [0.15, 0.2) is 5.78 Å². The molecule has 0 spiro atoms. The zero-order valence-electron chi connectivity index (χ0n) is 21.5. The van der Waals surface area contributed by atoms with E-state index in [0.717, 1.165) is 31.3 Å². The van der Waals surface area contributed by atoms with Crippen molar-refractivity contribution in [3.63, 3.8) is 0 Å². The number of carbonyl (C=O) groups is 1. The highest BCUT2D eigenvalue weighted by Gasteiger charge is 2.75. The van der Waals surface area contributed by atoms with E-state index in [-0.39, 0.29) is 11.0 Å². The third-order valence-electron chi connectivity index (χ3n) is 10.3. The fourth-order valence-corrected chi connectivity index (χ4v) is 8.56. The van der Waals surface area contributed by atoms with Gasteiger partial charge in [-0.3, -0.25) is 4.79 Å². The highest BCUT2D eigenvalue weighted by atomic mass is 16.5. The van der Waals surface area contributed by atoms with E-state index in [1.165, 1.54) is 55.3 Å². The number of fused-ring (bicyclic) bond motifs is 6. The summed E-state index contributed by atoms with van der Waals surface area (Å²) in [5, 5.41) is 0. The van der Waals surface area contributed by atoms with Crippen LogP contribution >= 0.6 is 0 Å². The zero-order valence-corrected chi connectivity index (χ0v) is 21.5. The second kappa shape index (κ2) is 8.08. The quantitative estimate of drug-likeness (QED) is 0.436. The van der Waals surface area contributed by atoms with Crippen molar-refractivity contribution in [2.45, 2.75) is 83.2 Å². The molecule has 1 unspecified atom stereocenters. The average molecular weight is 460 g/mol. The molecule has 3 nitrogen and oxygen atoms in total. The van der Waals surface area contributed by atoms with E-state index in [0.29, 0.717) is 24.0 Å². The molecular formula is C31H41NO2. The van der Waals surface area contributed by atoms with E-state index < -0.39 is 0 Å². The van der Waals surface area contributed by atoms with Crippen molar-refractivity contribution >= 4 is 11.5 Å². The summed E-state index contributed by atoms with van der Waals surface area (Å²) in [6.07, 6.45) is 12.1. The van der Waals surface area contributed by atoms with Crippen molar-refractivity contribution in [3.8, 4) is 0 Å². The Bertz CT molecular complexity index is 1050. The number of anilines is 1. The Morgan fingerprint density at radius 1 is 1.09 bits per heavy atom. The molecule has 5 aliphatic rings. The van der Waals surface area contributed by atoms with E-state index >= 15 is 0 Å². The SMILES string of the molecule is CCCCOC12C[C@@H]1C[C@H]1[C@@H]3CCC4=CC(=O)CCC4=C3[C@@H](c3ccc(N(C)C)cc3)C[C@@]12C. The van der Waals surface area contributed by atoms with E-state index in [2.05, 4.69) is 57.1 Å². The lowest BCUT2D eigenvalue weighted by Gasteiger charge is -2.54. The minimum Gasteiger partial charge on any atom is -0.378 e. The maximum absolute atomic E-state index is 12.3. The van der Waals surface area contributed by atoms with Crippen molar-refractivity contribution in [1.29, 1.82) is 0 Å². The molecule has 5 aliphatic carbocycles. The van der Waals surface area contributed by atoms with Gasteiger partial charge in [-0.1, -0.05) is 38.0 Å². The maximum atomic E-state index is 12.3. The second-order valence-electron chi connectivity index (χ2n) is 12.2. The Labute approximate surface area is 205 Å². The van der Waals surface area contributed by atoms with Crippen LogP contribution in [0.4, 0.5) is 5.69 Å². The fraction of sp³-hybridized carbons (Fsp3) is 0.645. The van der Waals surface area contributed by atoms with Gasteiger partial charge < -0.3 is 9.64 Å². The van der Waals surface area contributed by atoms with Gasteiger partial charge in [-0.15, -0.1) is 0 Å². The molecule has 0 heterocycles. The van der Waals surface area contributed by atoms with Crippen LogP contribution in [0.15, 0.2) is 47.1 Å². The Morgan fingerprint density at radius 3 is 2.62 bits per heavy atom. The number of allylic oxidation sites excluding steroid dienone is 4. The number of unbranched alkanes of at least 4 members (excludes halogenated alkanes) is 1. The van der Waals surface area contributed by atoms with Crippen LogP contribution in [0.1, 0.15) is 83.1 Å². The van der Waals surface area contributed by atoms with Crippen LogP contribution in [-0.4, -0.2) is 32.1 Å². The normalized spacial score (nSPS) is 38.0. The first kappa shape index (κ1) is 22.6. The molecule has 1 aromatic rings. The summed E-state index contributed by atoms with van der Waals surface area (Å²) >= 11 is 0. The van der Waals surface area contributed by atoms with E-state index in [9.17, 15) is 4.79 Å². The molecule has 0 bridgehead atoms. The molecule has 0 radical (unpaired) electrons. The molecule has 34 heavy (non-hydrogen) atoms. The van der Waals surface area contributed by atoms with Gasteiger partial charge in [0.25, 0.3) is 0 Å². The highest BCUT2D eigenvalue weighted by molar-refractivity contribution is 5.93.